The molecule has 0 bridgehead atoms. The molecule has 0 aliphatic rings. The molecule has 0 saturated carbocycles. The van der Waals surface area contributed by atoms with Crippen LogP contribution in [-0.2, 0) is 13.6 Å². The van der Waals surface area contributed by atoms with Crippen LogP contribution < -0.4 is 10.1 Å². The number of nitrogens with one attached hydrogen (secondary N) is 1. The summed E-state index contributed by atoms with van der Waals surface area (Å²) >= 11 is 0. The second-order valence-electron chi connectivity index (χ2n) is 4.82. The standard InChI is InChI=1S/C17H17N3O/c1-20-13-14(12-19-20)11-18-15-7-9-17(10-8-15)21-16-5-3-2-4-6-16/h2-10,12-13,18H,11H2,1H3. The number of ether oxygens (including phenoxy) is 1. The van der Waals surface area contributed by atoms with E-state index in [0.29, 0.717) is 0 Å². The molecule has 0 atom stereocenters. The molecule has 0 fully saturated rings. The number of hydrogen-bond donors (Lipinski definition) is 1. The molecule has 1 N–H and O–H groups in total. The van der Waals surface area contributed by atoms with Crippen molar-refractivity contribution in [3.8, 4) is 11.5 Å². The zero-order chi connectivity index (χ0) is 14.5. The highest BCUT2D eigenvalue weighted by atomic mass is 16.5. The fourth-order valence-corrected chi connectivity index (χ4v) is 2.03. The third-order valence-electron chi connectivity index (χ3n) is 3.09. The molecule has 1 heterocycles. The molecule has 3 aromatic rings. The SMILES string of the molecule is Cn1cc(CNc2ccc(Oc3ccccc3)cc2)cn1. The van der Waals surface area contributed by atoms with Crippen molar-refractivity contribution in [2.75, 3.05) is 5.32 Å². The monoisotopic (exact) mass is 279 g/mol. The van der Waals surface area contributed by atoms with E-state index < -0.39 is 0 Å². The summed E-state index contributed by atoms with van der Waals surface area (Å²) in [5.41, 5.74) is 2.21. The van der Waals surface area contributed by atoms with E-state index >= 15 is 0 Å². The summed E-state index contributed by atoms with van der Waals surface area (Å²) in [4.78, 5) is 0. The molecule has 0 aliphatic carbocycles. The molecule has 0 aliphatic heterocycles. The molecule has 0 amide bonds. The van der Waals surface area contributed by atoms with Gasteiger partial charge in [-0.1, -0.05) is 18.2 Å². The van der Waals surface area contributed by atoms with Crippen LogP contribution in [0.1, 0.15) is 5.56 Å². The molecule has 106 valence electrons. The summed E-state index contributed by atoms with van der Waals surface area (Å²) in [6, 6.07) is 17.7. The minimum Gasteiger partial charge on any atom is -0.457 e. The fraction of sp³-hybridized carbons (Fsp3) is 0.118. The Bertz CT molecular complexity index is 690. The molecule has 4 heteroatoms. The van der Waals surface area contributed by atoms with Gasteiger partial charge in [-0.15, -0.1) is 0 Å². The van der Waals surface area contributed by atoms with Crippen LogP contribution in [0.5, 0.6) is 11.5 Å². The maximum Gasteiger partial charge on any atom is 0.127 e. The number of benzene rings is 2. The second-order valence-corrected chi connectivity index (χ2v) is 4.82. The first-order chi connectivity index (χ1) is 10.3. The highest BCUT2D eigenvalue weighted by molar-refractivity contribution is 5.47. The lowest BCUT2D eigenvalue weighted by Gasteiger charge is -2.08. The highest BCUT2D eigenvalue weighted by Gasteiger charge is 1.99. The van der Waals surface area contributed by atoms with Crippen LogP contribution in [-0.4, -0.2) is 9.78 Å². The van der Waals surface area contributed by atoms with Crippen LogP contribution >= 0.6 is 0 Å². The van der Waals surface area contributed by atoms with Gasteiger partial charge in [0.05, 0.1) is 6.20 Å². The Labute approximate surface area is 124 Å². The van der Waals surface area contributed by atoms with Gasteiger partial charge in [-0.05, 0) is 36.4 Å². The Morgan fingerprint density at radius 2 is 1.71 bits per heavy atom. The van der Waals surface area contributed by atoms with Gasteiger partial charge in [-0.2, -0.15) is 5.10 Å². The summed E-state index contributed by atoms with van der Waals surface area (Å²) in [7, 11) is 1.92. The van der Waals surface area contributed by atoms with E-state index in [1.54, 1.807) is 4.68 Å². The quantitative estimate of drug-likeness (QED) is 0.771. The molecule has 3 rings (SSSR count). The van der Waals surface area contributed by atoms with Crippen molar-refractivity contribution in [3.05, 3.63) is 72.6 Å². The Kier molecular flexibility index (Phi) is 3.87. The maximum absolute atomic E-state index is 5.76. The molecule has 1 aromatic heterocycles. The van der Waals surface area contributed by atoms with E-state index in [4.69, 9.17) is 4.74 Å². The van der Waals surface area contributed by atoms with Gasteiger partial charge in [0.1, 0.15) is 11.5 Å². The molecule has 4 nitrogen and oxygen atoms in total. The van der Waals surface area contributed by atoms with Crippen molar-refractivity contribution >= 4 is 5.69 Å². The third kappa shape index (κ3) is 3.63. The first-order valence-corrected chi connectivity index (χ1v) is 6.84. The van der Waals surface area contributed by atoms with Crippen molar-refractivity contribution in [2.45, 2.75) is 6.54 Å². The topological polar surface area (TPSA) is 39.1 Å². The smallest absolute Gasteiger partial charge is 0.127 e. The minimum atomic E-state index is 0.757. The number of aromatic nitrogens is 2. The molecule has 0 radical (unpaired) electrons. The van der Waals surface area contributed by atoms with E-state index in [2.05, 4.69) is 10.4 Å². The van der Waals surface area contributed by atoms with Gasteiger partial charge in [0, 0.05) is 31.0 Å². The van der Waals surface area contributed by atoms with Crippen LogP contribution in [0.15, 0.2) is 67.0 Å². The van der Waals surface area contributed by atoms with E-state index in [-0.39, 0.29) is 0 Å². The van der Waals surface area contributed by atoms with Gasteiger partial charge in [-0.3, -0.25) is 4.68 Å². The van der Waals surface area contributed by atoms with Gasteiger partial charge < -0.3 is 10.1 Å². The van der Waals surface area contributed by atoms with E-state index in [1.807, 2.05) is 74.0 Å². The van der Waals surface area contributed by atoms with Crippen molar-refractivity contribution < 1.29 is 4.74 Å². The zero-order valence-corrected chi connectivity index (χ0v) is 11.9. The Balaban J connectivity index is 1.59. The first kappa shape index (κ1) is 13.2. The van der Waals surface area contributed by atoms with Crippen LogP contribution in [0, 0.1) is 0 Å². The predicted molar refractivity (Wildman–Crippen MR) is 83.5 cm³/mol. The second kappa shape index (κ2) is 6.13. The summed E-state index contributed by atoms with van der Waals surface area (Å²) in [6.07, 6.45) is 3.86. The van der Waals surface area contributed by atoms with Crippen LogP contribution in [0.4, 0.5) is 5.69 Å². The summed E-state index contributed by atoms with van der Waals surface area (Å²) in [6.45, 7) is 0.757. The lowest BCUT2D eigenvalue weighted by molar-refractivity contribution is 0.483. The first-order valence-electron chi connectivity index (χ1n) is 6.84. The number of rotatable bonds is 5. The molecule has 0 saturated heterocycles. The van der Waals surface area contributed by atoms with Crippen LogP contribution in [0.2, 0.25) is 0 Å². The van der Waals surface area contributed by atoms with Gasteiger partial charge in [0.15, 0.2) is 0 Å². The van der Waals surface area contributed by atoms with Crippen molar-refractivity contribution in [1.82, 2.24) is 9.78 Å². The maximum atomic E-state index is 5.76. The molecular weight excluding hydrogens is 262 g/mol. The fourth-order valence-electron chi connectivity index (χ4n) is 2.03. The van der Waals surface area contributed by atoms with Crippen molar-refractivity contribution in [1.29, 1.82) is 0 Å². The summed E-state index contributed by atoms with van der Waals surface area (Å²) in [5, 5.41) is 7.50. The number of anilines is 1. The van der Waals surface area contributed by atoms with E-state index in [0.717, 1.165) is 29.3 Å². The van der Waals surface area contributed by atoms with Gasteiger partial charge in [0.2, 0.25) is 0 Å². The third-order valence-corrected chi connectivity index (χ3v) is 3.09. The Hall–Kier alpha value is -2.75. The van der Waals surface area contributed by atoms with E-state index in [1.165, 1.54) is 0 Å². The molecular formula is C17H17N3O. The normalized spacial score (nSPS) is 10.3. The molecule has 0 unspecified atom stereocenters. The predicted octanol–water partition coefficient (Wildman–Crippen LogP) is 3.82. The van der Waals surface area contributed by atoms with Crippen molar-refractivity contribution in [2.24, 2.45) is 7.05 Å². The number of para-hydroxylation sites is 1. The number of aryl methyl sites for hydroxylation is 1. The number of nitrogens with zero attached hydrogens (tertiary/aromatic N) is 2. The Morgan fingerprint density at radius 3 is 2.38 bits per heavy atom. The van der Waals surface area contributed by atoms with Crippen LogP contribution in [0.3, 0.4) is 0 Å². The lowest BCUT2D eigenvalue weighted by Crippen LogP contribution is -1.98. The molecule has 21 heavy (non-hydrogen) atoms. The molecule has 2 aromatic carbocycles. The van der Waals surface area contributed by atoms with Crippen molar-refractivity contribution in [3.63, 3.8) is 0 Å². The summed E-state index contributed by atoms with van der Waals surface area (Å²) in [5.74, 6) is 1.67. The van der Waals surface area contributed by atoms with Crippen LogP contribution in [0.25, 0.3) is 0 Å². The highest BCUT2D eigenvalue weighted by Crippen LogP contribution is 2.22. The average Bonchev–Trinajstić information content (AvgIpc) is 2.93. The molecule has 0 spiro atoms. The lowest BCUT2D eigenvalue weighted by atomic mass is 10.2. The zero-order valence-electron chi connectivity index (χ0n) is 11.9. The van der Waals surface area contributed by atoms with E-state index in [9.17, 15) is 0 Å². The largest absolute Gasteiger partial charge is 0.457 e. The van der Waals surface area contributed by atoms with Gasteiger partial charge in [0.25, 0.3) is 0 Å². The minimum absolute atomic E-state index is 0.757. The number of hydrogen-bond acceptors (Lipinski definition) is 3. The summed E-state index contributed by atoms with van der Waals surface area (Å²) < 4.78 is 7.56. The average molecular weight is 279 g/mol. The van der Waals surface area contributed by atoms with Gasteiger partial charge >= 0.3 is 0 Å². The Morgan fingerprint density at radius 1 is 1.00 bits per heavy atom. The van der Waals surface area contributed by atoms with Gasteiger partial charge in [-0.25, -0.2) is 0 Å².